The number of nitrogens with two attached hydrogens (primary N) is 1. The van der Waals surface area contributed by atoms with Gasteiger partial charge >= 0.3 is 41.5 Å². The van der Waals surface area contributed by atoms with Crippen LogP contribution in [-0.2, 0) is 91.8 Å². The number of aldehydes is 1. The Labute approximate surface area is 475 Å². The molecule has 407 valence electrons. The Hall–Kier alpha value is -4.74. The van der Waals surface area contributed by atoms with E-state index in [1.54, 1.807) is 22.3 Å². The first-order chi connectivity index (χ1) is 35.9. The van der Waals surface area contributed by atoms with E-state index in [-0.39, 0.29) is 53.6 Å². The second kappa shape index (κ2) is 34.2. The number of azide groups is 2. The fraction of sp³-hybridized carbons (Fsp3) is 0.614. The maximum atomic E-state index is 9.85. The van der Waals surface area contributed by atoms with Gasteiger partial charge in [0.25, 0.3) is 0 Å². The molecule has 3 heterocycles. The summed E-state index contributed by atoms with van der Waals surface area (Å²) in [5.41, 5.74) is 41.4. The zero-order chi connectivity index (χ0) is 55.0. The molecule has 0 saturated heterocycles. The van der Waals surface area contributed by atoms with Gasteiger partial charge in [-0.05, 0) is 173 Å². The smallest absolute Gasteiger partial charge is 0.793 e. The van der Waals surface area contributed by atoms with Gasteiger partial charge in [0, 0.05) is 88.4 Å². The van der Waals surface area contributed by atoms with Gasteiger partial charge in [-0.15, -0.1) is 0 Å². The van der Waals surface area contributed by atoms with Crippen molar-refractivity contribution in [3.8, 4) is 0 Å². The van der Waals surface area contributed by atoms with Crippen molar-refractivity contribution in [1.82, 2.24) is 15.1 Å². The largest absolute Gasteiger partial charge is 1.00 e. The quantitative estimate of drug-likeness (QED) is 0.0438. The number of benzene rings is 3. The molecule has 19 heteroatoms. The van der Waals surface area contributed by atoms with E-state index in [4.69, 9.17) is 16.8 Å². The van der Waals surface area contributed by atoms with Crippen molar-refractivity contribution >= 4 is 32.2 Å². The Balaban J connectivity index is 0.000000258. The van der Waals surface area contributed by atoms with Crippen LogP contribution in [0.3, 0.4) is 0 Å². The summed E-state index contributed by atoms with van der Waals surface area (Å²) in [4.78, 5) is 57.5. The molecular weight excluding hydrogens is 970 g/mol. The summed E-state index contributed by atoms with van der Waals surface area (Å²) in [6, 6.07) is 13.9. The number of nitrogens with zero attached hydrogens (tertiary/aromatic N) is 8. The standard InChI is InChI=1S/C17H24N4.C17H26N2.C13H16N4.C4H6O4.C4H8O.C2H3BO2.Na/c1-12(2)10-21-9-8-14-13(11-21)6-7-16-15(14)4-3-5-17(16)19-20-18;1-12(2)10-19-9-8-14-13(11-19)6-7-16-15(14)4-3-5-17(16)18;14-17-16-13-3-1-2-11-10-6-7-15-8-9(10)4-5-12(11)13;1-3(5)7-8-4(2)6;1-4(2)3-5;1-2(4)5-3;/h6-7,12,17H,3-5,8-11H2,1-2H3;6-7,12,17H,3-5,8-11,18H2,1-2H3;4-5,13,15H,1-3,6-8H2;1-2H3;3-4H,1-2H3;1H3;/q;;;;;-1;+1/t2*17-;13-;;;;/m111..../s1. The molecule has 6 aliphatic rings. The van der Waals surface area contributed by atoms with E-state index in [0.29, 0.717) is 0 Å². The van der Waals surface area contributed by atoms with Gasteiger partial charge in [0.15, 0.2) is 0 Å². The minimum atomic E-state index is -0.639. The van der Waals surface area contributed by atoms with Gasteiger partial charge in [-0.2, -0.15) is 0 Å². The summed E-state index contributed by atoms with van der Waals surface area (Å²) >= 11 is 0. The van der Waals surface area contributed by atoms with E-state index in [9.17, 15) is 19.2 Å². The van der Waals surface area contributed by atoms with E-state index in [0.717, 1.165) is 122 Å². The molecule has 3 radical (unpaired) electrons. The average Bonchev–Trinajstić information content (AvgIpc) is 3.38. The van der Waals surface area contributed by atoms with Crippen molar-refractivity contribution in [3.05, 3.63) is 124 Å². The predicted molar refractivity (Wildman–Crippen MR) is 294 cm³/mol. The van der Waals surface area contributed by atoms with Crippen LogP contribution in [0.4, 0.5) is 0 Å². The van der Waals surface area contributed by atoms with Crippen LogP contribution < -0.4 is 40.6 Å². The molecule has 0 aromatic heterocycles. The number of carbonyl (C=O) groups excluding carboxylic acids is 4. The monoisotopic (exact) mass is 1050 g/mol. The van der Waals surface area contributed by atoms with Gasteiger partial charge in [-0.1, -0.05) is 88.2 Å². The molecule has 0 bridgehead atoms. The first kappa shape index (κ1) is 65.5. The van der Waals surface area contributed by atoms with Gasteiger partial charge in [-0.3, -0.25) is 14.6 Å². The normalized spacial score (nSPS) is 18.6. The molecule has 0 fully saturated rings. The van der Waals surface area contributed by atoms with E-state index < -0.39 is 17.9 Å². The van der Waals surface area contributed by atoms with Crippen LogP contribution in [0.25, 0.3) is 20.9 Å². The Morgan fingerprint density at radius 1 is 0.658 bits per heavy atom. The Morgan fingerprint density at radius 3 is 1.45 bits per heavy atom. The zero-order valence-corrected chi connectivity index (χ0v) is 49.2. The van der Waals surface area contributed by atoms with Gasteiger partial charge < -0.3 is 28.5 Å². The van der Waals surface area contributed by atoms with Crippen molar-refractivity contribution in [2.75, 3.05) is 32.7 Å². The molecule has 3 aromatic rings. The first-order valence-electron chi connectivity index (χ1n) is 27.0. The van der Waals surface area contributed by atoms with E-state index >= 15 is 0 Å². The summed E-state index contributed by atoms with van der Waals surface area (Å²) in [5.74, 6) is -0.0634. The third-order valence-corrected chi connectivity index (χ3v) is 13.9. The van der Waals surface area contributed by atoms with E-state index in [1.165, 1.54) is 90.3 Å². The average molecular weight is 1050 g/mol. The number of hydrogen-bond donors (Lipinski definition) is 2. The van der Waals surface area contributed by atoms with Crippen molar-refractivity contribution in [2.24, 2.45) is 33.7 Å². The van der Waals surface area contributed by atoms with Crippen LogP contribution >= 0.6 is 0 Å². The number of rotatable bonds is 7. The molecular formula is C57H83BN10NaO7. The number of nitrogens with one attached hydrogen (secondary N) is 1. The van der Waals surface area contributed by atoms with Crippen LogP contribution in [0.5, 0.6) is 0 Å². The molecule has 3 N–H and O–H groups in total. The van der Waals surface area contributed by atoms with Crippen LogP contribution in [0.2, 0.25) is 0 Å². The fourth-order valence-electron chi connectivity index (χ4n) is 10.9. The van der Waals surface area contributed by atoms with Gasteiger partial charge in [-0.25, -0.2) is 19.4 Å². The van der Waals surface area contributed by atoms with E-state index in [1.807, 2.05) is 13.8 Å². The summed E-state index contributed by atoms with van der Waals surface area (Å²) in [5, 5.41) is 11.3. The minimum absolute atomic E-state index is 0. The van der Waals surface area contributed by atoms with Crippen LogP contribution in [0.1, 0.15) is 186 Å². The molecule has 3 aromatic carbocycles. The first-order valence-corrected chi connectivity index (χ1v) is 27.0. The summed E-state index contributed by atoms with van der Waals surface area (Å²) < 4.78 is 3.61. The van der Waals surface area contributed by atoms with Gasteiger partial charge in [0.2, 0.25) is 5.97 Å². The molecule has 3 atom stereocenters. The second-order valence-electron chi connectivity index (χ2n) is 21.4. The van der Waals surface area contributed by atoms with Crippen molar-refractivity contribution in [3.63, 3.8) is 0 Å². The number of hydrogen-bond acceptors (Lipinski definition) is 13. The Bertz CT molecular complexity index is 2460. The topological polar surface area (TPSA) is 238 Å². The SMILES string of the molecule is CC(=O)OOC(C)=O.CC(C)C=O.CC(C)CN1CCc2c(ccc3c2CCC[C@H]3N)C1.CC(C)CN1CCc2c(ccc3c2CCC[C@H]3N=[N+]=[N-])C1.[B-]OC(C)=O.[N-]=[N+]=N[C@@H]1CCCc2c1ccc1c2CCNC1.[Na+]. The Morgan fingerprint density at radius 2 is 1.05 bits per heavy atom. The molecule has 0 spiro atoms. The summed E-state index contributed by atoms with van der Waals surface area (Å²) in [7, 11) is 4.32. The number of carbonyl (C=O) groups is 4. The van der Waals surface area contributed by atoms with Crippen molar-refractivity contribution in [1.29, 1.82) is 0 Å². The molecule has 0 unspecified atom stereocenters. The van der Waals surface area contributed by atoms with Gasteiger partial charge in [0.1, 0.15) is 6.29 Å². The Kier molecular flexibility index (Phi) is 29.5. The summed E-state index contributed by atoms with van der Waals surface area (Å²) in [6.07, 6.45) is 14.6. The van der Waals surface area contributed by atoms with E-state index in [2.05, 4.69) is 122 Å². The third kappa shape index (κ3) is 20.9. The predicted octanol–water partition coefficient (Wildman–Crippen LogP) is 7.95. The second-order valence-corrected chi connectivity index (χ2v) is 21.4. The molecule has 3 aliphatic heterocycles. The van der Waals surface area contributed by atoms with Gasteiger partial charge in [0.05, 0.1) is 12.1 Å². The molecule has 3 aliphatic carbocycles. The maximum absolute atomic E-state index is 9.85. The fourth-order valence-corrected chi connectivity index (χ4v) is 10.9. The van der Waals surface area contributed by atoms with Crippen molar-refractivity contribution < 1.29 is 63.2 Å². The molecule has 0 saturated carbocycles. The molecule has 0 amide bonds. The van der Waals surface area contributed by atoms with Crippen LogP contribution in [0, 0.1) is 17.8 Å². The zero-order valence-electron chi connectivity index (χ0n) is 47.2. The molecule has 17 nitrogen and oxygen atoms in total. The van der Waals surface area contributed by atoms with Crippen LogP contribution in [-0.4, -0.2) is 74.8 Å². The molecule has 9 rings (SSSR count). The third-order valence-electron chi connectivity index (χ3n) is 13.9. The van der Waals surface area contributed by atoms with Crippen molar-refractivity contribution in [2.45, 2.75) is 177 Å². The molecule has 76 heavy (non-hydrogen) atoms. The van der Waals surface area contributed by atoms with Crippen LogP contribution in [0.15, 0.2) is 46.6 Å². The number of fused-ring (bicyclic) bond motifs is 9. The maximum Gasteiger partial charge on any atom is 1.00 e. The minimum Gasteiger partial charge on any atom is -0.793 e. The summed E-state index contributed by atoms with van der Waals surface area (Å²) in [6.45, 7) is 25.4.